The van der Waals surface area contributed by atoms with Crippen LogP contribution >= 0.6 is 0 Å². The molecule has 0 aromatic heterocycles. The van der Waals surface area contributed by atoms with Crippen LogP contribution in [0.25, 0.3) is 0 Å². The standard InChI is InChI=1S/C19H23N3O/c1-13-8-9-16(10-14(13)2)22-18(11-15(12-20)21-22)17-6-4-5-7-19(17)23-3/h4-10,18H,11-12,20H2,1-3H3. The number of anilines is 1. The Kier molecular flexibility index (Phi) is 4.35. The van der Waals surface area contributed by atoms with Gasteiger partial charge in [0.2, 0.25) is 0 Å². The number of benzene rings is 2. The summed E-state index contributed by atoms with van der Waals surface area (Å²) >= 11 is 0. The number of hydrogen-bond acceptors (Lipinski definition) is 4. The molecule has 23 heavy (non-hydrogen) atoms. The minimum absolute atomic E-state index is 0.117. The molecular weight excluding hydrogens is 286 g/mol. The Labute approximate surface area is 137 Å². The van der Waals surface area contributed by atoms with E-state index in [1.54, 1.807) is 7.11 Å². The van der Waals surface area contributed by atoms with E-state index in [-0.39, 0.29) is 6.04 Å². The van der Waals surface area contributed by atoms with Crippen molar-refractivity contribution in [3.63, 3.8) is 0 Å². The van der Waals surface area contributed by atoms with E-state index in [0.29, 0.717) is 6.54 Å². The van der Waals surface area contributed by atoms with Gasteiger partial charge in [-0.3, -0.25) is 5.01 Å². The zero-order valence-corrected chi connectivity index (χ0v) is 13.9. The lowest BCUT2D eigenvalue weighted by Gasteiger charge is -2.26. The van der Waals surface area contributed by atoms with Gasteiger partial charge in [0, 0.05) is 18.5 Å². The van der Waals surface area contributed by atoms with Gasteiger partial charge in [-0.25, -0.2) is 0 Å². The number of para-hydroxylation sites is 1. The van der Waals surface area contributed by atoms with Crippen molar-refractivity contribution in [2.45, 2.75) is 26.3 Å². The first-order chi connectivity index (χ1) is 11.1. The smallest absolute Gasteiger partial charge is 0.124 e. The van der Waals surface area contributed by atoms with E-state index in [1.165, 1.54) is 11.1 Å². The number of methoxy groups -OCH3 is 1. The number of hydrazone groups is 1. The third-order valence-corrected chi connectivity index (χ3v) is 4.46. The Morgan fingerprint density at radius 2 is 1.96 bits per heavy atom. The summed E-state index contributed by atoms with van der Waals surface area (Å²) in [7, 11) is 1.71. The van der Waals surface area contributed by atoms with Gasteiger partial charge in [0.1, 0.15) is 5.75 Å². The molecule has 0 saturated carbocycles. The third-order valence-electron chi connectivity index (χ3n) is 4.46. The van der Waals surface area contributed by atoms with Crippen LogP contribution < -0.4 is 15.5 Å². The molecular formula is C19H23N3O. The second-order valence-corrected chi connectivity index (χ2v) is 5.95. The minimum Gasteiger partial charge on any atom is -0.496 e. The lowest BCUT2D eigenvalue weighted by Crippen LogP contribution is -2.19. The molecule has 2 aromatic rings. The summed E-state index contributed by atoms with van der Waals surface area (Å²) in [6.45, 7) is 4.73. The van der Waals surface area contributed by atoms with E-state index in [1.807, 2.05) is 18.2 Å². The molecule has 0 spiro atoms. The maximum atomic E-state index is 5.85. The molecule has 0 amide bonds. The van der Waals surface area contributed by atoms with Crippen molar-refractivity contribution < 1.29 is 4.74 Å². The van der Waals surface area contributed by atoms with Crippen LogP contribution in [0.1, 0.15) is 29.2 Å². The quantitative estimate of drug-likeness (QED) is 0.939. The molecule has 1 atom stereocenters. The number of hydrogen-bond donors (Lipinski definition) is 1. The van der Waals surface area contributed by atoms with Crippen LogP contribution in [-0.4, -0.2) is 19.4 Å². The number of nitrogens with zero attached hydrogens (tertiary/aromatic N) is 2. The topological polar surface area (TPSA) is 50.9 Å². The first-order valence-electron chi connectivity index (χ1n) is 7.90. The number of rotatable bonds is 4. The molecule has 0 saturated heterocycles. The highest BCUT2D eigenvalue weighted by Gasteiger charge is 2.30. The van der Waals surface area contributed by atoms with Crippen LogP contribution in [0.15, 0.2) is 47.6 Å². The second-order valence-electron chi connectivity index (χ2n) is 5.95. The van der Waals surface area contributed by atoms with Gasteiger partial charge in [0.25, 0.3) is 0 Å². The summed E-state index contributed by atoms with van der Waals surface area (Å²) in [6, 6.07) is 14.7. The summed E-state index contributed by atoms with van der Waals surface area (Å²) in [6.07, 6.45) is 0.823. The third kappa shape index (κ3) is 2.94. The Bertz CT molecular complexity index is 739. The lowest BCUT2D eigenvalue weighted by molar-refractivity contribution is 0.405. The molecule has 120 valence electrons. The summed E-state index contributed by atoms with van der Waals surface area (Å²) in [5, 5.41) is 6.83. The van der Waals surface area contributed by atoms with Gasteiger partial charge < -0.3 is 10.5 Å². The van der Waals surface area contributed by atoms with Crippen molar-refractivity contribution in [2.24, 2.45) is 10.8 Å². The summed E-state index contributed by atoms with van der Waals surface area (Å²) in [5.74, 6) is 0.889. The molecule has 3 rings (SSSR count). The SMILES string of the molecule is COc1ccccc1C1CC(CN)=NN1c1ccc(C)c(C)c1. The lowest BCUT2D eigenvalue weighted by atomic mass is 10.00. The predicted octanol–water partition coefficient (Wildman–Crippen LogP) is 3.58. The Balaban J connectivity index is 2.04. The fourth-order valence-electron chi connectivity index (χ4n) is 2.99. The van der Waals surface area contributed by atoms with Crippen molar-refractivity contribution in [1.29, 1.82) is 0 Å². The Morgan fingerprint density at radius 3 is 2.65 bits per heavy atom. The maximum Gasteiger partial charge on any atom is 0.124 e. The molecule has 4 heteroatoms. The largest absolute Gasteiger partial charge is 0.496 e. The van der Waals surface area contributed by atoms with Crippen LogP contribution in [0.5, 0.6) is 5.75 Å². The van der Waals surface area contributed by atoms with E-state index in [0.717, 1.165) is 29.1 Å². The van der Waals surface area contributed by atoms with Gasteiger partial charge >= 0.3 is 0 Å². The normalized spacial score (nSPS) is 17.3. The maximum absolute atomic E-state index is 5.85. The van der Waals surface area contributed by atoms with Gasteiger partial charge in [-0.2, -0.15) is 5.10 Å². The van der Waals surface area contributed by atoms with Crippen LogP contribution in [-0.2, 0) is 0 Å². The summed E-state index contributed by atoms with van der Waals surface area (Å²) < 4.78 is 5.54. The van der Waals surface area contributed by atoms with Crippen molar-refractivity contribution in [2.75, 3.05) is 18.7 Å². The average molecular weight is 309 g/mol. The Hall–Kier alpha value is -2.33. The van der Waals surface area contributed by atoms with E-state index < -0.39 is 0 Å². The molecule has 1 heterocycles. The number of aryl methyl sites for hydroxylation is 2. The van der Waals surface area contributed by atoms with Gasteiger partial charge in [-0.1, -0.05) is 24.3 Å². The molecule has 4 nitrogen and oxygen atoms in total. The molecule has 0 aliphatic carbocycles. The van der Waals surface area contributed by atoms with Gasteiger partial charge in [0.05, 0.1) is 24.6 Å². The van der Waals surface area contributed by atoms with Crippen LogP contribution in [0, 0.1) is 13.8 Å². The van der Waals surface area contributed by atoms with Crippen molar-refractivity contribution in [1.82, 2.24) is 0 Å². The Morgan fingerprint density at radius 1 is 1.17 bits per heavy atom. The highest BCUT2D eigenvalue weighted by molar-refractivity contribution is 5.90. The first kappa shape index (κ1) is 15.6. The molecule has 2 aromatic carbocycles. The number of ether oxygens (including phenoxy) is 1. The molecule has 1 aliphatic heterocycles. The molecule has 0 radical (unpaired) electrons. The fourth-order valence-corrected chi connectivity index (χ4v) is 2.99. The van der Waals surface area contributed by atoms with Gasteiger partial charge in [-0.15, -0.1) is 0 Å². The second kappa shape index (κ2) is 6.42. The predicted molar refractivity (Wildman–Crippen MR) is 95.2 cm³/mol. The van der Waals surface area contributed by atoms with E-state index in [4.69, 9.17) is 15.6 Å². The van der Waals surface area contributed by atoms with Crippen LogP contribution in [0.2, 0.25) is 0 Å². The van der Waals surface area contributed by atoms with Crippen molar-refractivity contribution >= 4 is 11.4 Å². The fraction of sp³-hybridized carbons (Fsp3) is 0.316. The highest BCUT2D eigenvalue weighted by atomic mass is 16.5. The molecule has 1 aliphatic rings. The van der Waals surface area contributed by atoms with Crippen LogP contribution in [0.4, 0.5) is 5.69 Å². The molecule has 0 bridgehead atoms. The van der Waals surface area contributed by atoms with E-state index in [2.05, 4.69) is 43.1 Å². The highest BCUT2D eigenvalue weighted by Crippen LogP contribution is 2.39. The zero-order chi connectivity index (χ0) is 16.4. The minimum atomic E-state index is 0.117. The zero-order valence-electron chi connectivity index (χ0n) is 13.9. The van der Waals surface area contributed by atoms with Crippen molar-refractivity contribution in [3.05, 3.63) is 59.2 Å². The molecule has 0 fully saturated rings. The average Bonchev–Trinajstić information content (AvgIpc) is 3.01. The van der Waals surface area contributed by atoms with E-state index in [9.17, 15) is 0 Å². The molecule has 1 unspecified atom stereocenters. The summed E-state index contributed by atoms with van der Waals surface area (Å²) in [5.41, 5.74) is 11.6. The first-order valence-corrected chi connectivity index (χ1v) is 7.90. The van der Waals surface area contributed by atoms with Gasteiger partial charge in [0.15, 0.2) is 0 Å². The molecule has 2 N–H and O–H groups in total. The summed E-state index contributed by atoms with van der Waals surface area (Å²) in [4.78, 5) is 0. The van der Waals surface area contributed by atoms with Crippen molar-refractivity contribution in [3.8, 4) is 5.75 Å². The number of nitrogens with two attached hydrogens (primary N) is 1. The monoisotopic (exact) mass is 309 g/mol. The van der Waals surface area contributed by atoms with E-state index >= 15 is 0 Å². The van der Waals surface area contributed by atoms with Gasteiger partial charge in [-0.05, 0) is 43.2 Å². The van der Waals surface area contributed by atoms with Crippen LogP contribution in [0.3, 0.4) is 0 Å².